The zero-order chi connectivity index (χ0) is 18.3. The molecule has 1 heterocycles. The van der Waals surface area contributed by atoms with E-state index in [-0.39, 0.29) is 0 Å². The first-order valence-corrected chi connectivity index (χ1v) is 10.6. The number of hydrogen-bond acceptors (Lipinski definition) is 2. The summed E-state index contributed by atoms with van der Waals surface area (Å²) < 4.78 is 28.4. The third-order valence-corrected chi connectivity index (χ3v) is 6.88. The Labute approximate surface area is 159 Å². The lowest BCUT2D eigenvalue weighted by molar-refractivity contribution is 0.588. The van der Waals surface area contributed by atoms with Gasteiger partial charge in [-0.1, -0.05) is 41.4 Å². The van der Waals surface area contributed by atoms with E-state index in [0.717, 1.165) is 47.9 Å². The van der Waals surface area contributed by atoms with Gasteiger partial charge in [0.25, 0.3) is 10.0 Å². The molecule has 0 aliphatic heterocycles. The van der Waals surface area contributed by atoms with Gasteiger partial charge in [-0.15, -0.1) is 0 Å². The Morgan fingerprint density at radius 2 is 1.77 bits per heavy atom. The van der Waals surface area contributed by atoms with E-state index in [0.29, 0.717) is 15.4 Å². The SMILES string of the molecule is Cc1ccc(S(=O)(=O)n2c(C3=CCCCC3)cc3ccc(Cl)cc32)cc1. The van der Waals surface area contributed by atoms with Gasteiger partial charge in [0.05, 0.1) is 16.1 Å². The molecule has 1 aliphatic rings. The summed E-state index contributed by atoms with van der Waals surface area (Å²) >= 11 is 6.18. The van der Waals surface area contributed by atoms with Crippen molar-refractivity contribution in [2.75, 3.05) is 0 Å². The van der Waals surface area contributed by atoms with Crippen molar-refractivity contribution in [2.24, 2.45) is 0 Å². The van der Waals surface area contributed by atoms with E-state index in [2.05, 4.69) is 6.08 Å². The van der Waals surface area contributed by atoms with Crippen molar-refractivity contribution in [1.29, 1.82) is 0 Å². The number of nitrogens with zero attached hydrogens (tertiary/aromatic N) is 1. The number of benzene rings is 2. The predicted octanol–water partition coefficient (Wildman–Crippen LogP) is 5.80. The highest BCUT2D eigenvalue weighted by molar-refractivity contribution is 7.90. The van der Waals surface area contributed by atoms with Gasteiger partial charge in [-0.3, -0.25) is 0 Å². The fraction of sp³-hybridized carbons (Fsp3) is 0.238. The molecule has 134 valence electrons. The third kappa shape index (κ3) is 2.97. The maximum atomic E-state index is 13.5. The largest absolute Gasteiger partial charge is 0.268 e. The van der Waals surface area contributed by atoms with Crippen LogP contribution in [0.1, 0.15) is 36.9 Å². The Hall–Kier alpha value is -2.04. The molecule has 1 aromatic heterocycles. The van der Waals surface area contributed by atoms with Crippen LogP contribution < -0.4 is 0 Å². The summed E-state index contributed by atoms with van der Waals surface area (Å²) in [5, 5.41) is 1.41. The monoisotopic (exact) mass is 385 g/mol. The van der Waals surface area contributed by atoms with E-state index in [1.807, 2.05) is 31.2 Å². The van der Waals surface area contributed by atoms with Gasteiger partial charge in [-0.2, -0.15) is 0 Å². The smallest absolute Gasteiger partial charge is 0.234 e. The van der Waals surface area contributed by atoms with Crippen LogP contribution in [0.15, 0.2) is 59.5 Å². The van der Waals surface area contributed by atoms with Crippen LogP contribution in [0.2, 0.25) is 5.02 Å². The van der Waals surface area contributed by atoms with Crippen LogP contribution in [-0.2, 0) is 10.0 Å². The lowest BCUT2D eigenvalue weighted by Crippen LogP contribution is -2.16. The predicted molar refractivity (Wildman–Crippen MR) is 107 cm³/mol. The topological polar surface area (TPSA) is 39.1 Å². The van der Waals surface area contributed by atoms with Crippen LogP contribution in [0.5, 0.6) is 0 Å². The highest BCUT2D eigenvalue weighted by Crippen LogP contribution is 2.35. The fourth-order valence-electron chi connectivity index (χ4n) is 3.52. The maximum Gasteiger partial charge on any atom is 0.268 e. The minimum Gasteiger partial charge on any atom is -0.234 e. The second-order valence-electron chi connectivity index (χ2n) is 6.79. The van der Waals surface area contributed by atoms with Gasteiger partial charge in [0.1, 0.15) is 0 Å². The number of hydrogen-bond donors (Lipinski definition) is 0. The van der Waals surface area contributed by atoms with E-state index < -0.39 is 10.0 Å². The fourth-order valence-corrected chi connectivity index (χ4v) is 5.22. The Morgan fingerprint density at radius 3 is 2.46 bits per heavy atom. The van der Waals surface area contributed by atoms with Crippen molar-refractivity contribution < 1.29 is 8.42 Å². The van der Waals surface area contributed by atoms with Crippen LogP contribution >= 0.6 is 11.6 Å². The first kappa shape index (κ1) is 17.4. The quantitative estimate of drug-likeness (QED) is 0.571. The third-order valence-electron chi connectivity index (χ3n) is 4.90. The van der Waals surface area contributed by atoms with Crippen LogP contribution in [0.25, 0.3) is 16.5 Å². The molecule has 0 radical (unpaired) electrons. The lowest BCUT2D eigenvalue weighted by atomic mass is 9.97. The Bertz CT molecular complexity index is 1110. The highest BCUT2D eigenvalue weighted by atomic mass is 35.5. The average Bonchev–Trinajstić information content (AvgIpc) is 3.02. The Kier molecular flexibility index (Phi) is 4.41. The van der Waals surface area contributed by atoms with Crippen molar-refractivity contribution in [2.45, 2.75) is 37.5 Å². The van der Waals surface area contributed by atoms with Gasteiger partial charge in [0, 0.05) is 10.4 Å². The number of aromatic nitrogens is 1. The van der Waals surface area contributed by atoms with Gasteiger partial charge in [0.2, 0.25) is 0 Å². The van der Waals surface area contributed by atoms with Gasteiger partial charge in [0.15, 0.2) is 0 Å². The normalized spacial score (nSPS) is 15.2. The van der Waals surface area contributed by atoms with E-state index in [1.165, 1.54) is 3.97 Å². The number of fused-ring (bicyclic) bond motifs is 1. The average molecular weight is 386 g/mol. The molecule has 0 fully saturated rings. The summed E-state index contributed by atoms with van der Waals surface area (Å²) in [5.41, 5.74) is 3.50. The van der Waals surface area contributed by atoms with E-state index >= 15 is 0 Å². The first-order chi connectivity index (χ1) is 12.5. The van der Waals surface area contributed by atoms with Crippen molar-refractivity contribution in [3.8, 4) is 0 Å². The molecule has 0 spiro atoms. The van der Waals surface area contributed by atoms with Crippen LogP contribution in [0, 0.1) is 6.92 Å². The Morgan fingerprint density at radius 1 is 1.00 bits per heavy atom. The van der Waals surface area contributed by atoms with Gasteiger partial charge in [-0.25, -0.2) is 12.4 Å². The summed E-state index contributed by atoms with van der Waals surface area (Å²) in [6, 6.07) is 14.4. The summed E-state index contributed by atoms with van der Waals surface area (Å²) in [6.45, 7) is 1.94. The van der Waals surface area contributed by atoms with Crippen molar-refractivity contribution >= 4 is 38.1 Å². The molecule has 4 rings (SSSR count). The zero-order valence-corrected chi connectivity index (χ0v) is 16.1. The summed E-state index contributed by atoms with van der Waals surface area (Å²) in [4.78, 5) is 0.290. The first-order valence-electron chi connectivity index (χ1n) is 8.79. The number of aryl methyl sites for hydroxylation is 1. The van der Waals surface area contributed by atoms with Crippen molar-refractivity contribution in [3.05, 3.63) is 70.9 Å². The van der Waals surface area contributed by atoms with E-state index in [1.54, 1.807) is 24.3 Å². The number of allylic oxidation sites excluding steroid dienone is 2. The maximum absolute atomic E-state index is 13.5. The van der Waals surface area contributed by atoms with E-state index in [4.69, 9.17) is 11.6 Å². The molecule has 1 aliphatic carbocycles. The molecular weight excluding hydrogens is 366 g/mol. The molecule has 0 N–H and O–H groups in total. The van der Waals surface area contributed by atoms with Gasteiger partial charge >= 0.3 is 0 Å². The summed E-state index contributed by atoms with van der Waals surface area (Å²) in [5.74, 6) is 0. The molecule has 0 unspecified atom stereocenters. The summed E-state index contributed by atoms with van der Waals surface area (Å²) in [7, 11) is -3.72. The molecule has 0 saturated heterocycles. The standard InChI is InChI=1S/C21H20ClNO2S/c1-15-7-11-19(12-8-15)26(24,25)23-20(16-5-3-2-4-6-16)13-17-9-10-18(22)14-21(17)23/h5,7-14H,2-4,6H2,1H3. The number of rotatable bonds is 3. The molecule has 3 aromatic rings. The summed E-state index contributed by atoms with van der Waals surface area (Å²) in [6.07, 6.45) is 6.29. The molecule has 0 atom stereocenters. The van der Waals surface area contributed by atoms with Crippen molar-refractivity contribution in [1.82, 2.24) is 3.97 Å². The Balaban J connectivity index is 2.01. The lowest BCUT2D eigenvalue weighted by Gasteiger charge is -2.17. The highest BCUT2D eigenvalue weighted by Gasteiger charge is 2.25. The molecule has 0 saturated carbocycles. The molecule has 0 bridgehead atoms. The molecule has 26 heavy (non-hydrogen) atoms. The minimum absolute atomic E-state index is 0.290. The minimum atomic E-state index is -3.72. The van der Waals surface area contributed by atoms with Crippen molar-refractivity contribution in [3.63, 3.8) is 0 Å². The zero-order valence-electron chi connectivity index (χ0n) is 14.6. The van der Waals surface area contributed by atoms with Gasteiger partial charge < -0.3 is 0 Å². The molecular formula is C21H20ClNO2S. The second-order valence-corrected chi connectivity index (χ2v) is 9.01. The molecule has 2 aromatic carbocycles. The number of halogens is 1. The molecule has 3 nitrogen and oxygen atoms in total. The van der Waals surface area contributed by atoms with E-state index in [9.17, 15) is 8.42 Å². The van der Waals surface area contributed by atoms with Crippen LogP contribution in [-0.4, -0.2) is 12.4 Å². The van der Waals surface area contributed by atoms with Gasteiger partial charge in [-0.05, 0) is 68.5 Å². The molecule has 5 heteroatoms. The second kappa shape index (κ2) is 6.60. The van der Waals surface area contributed by atoms with Crippen LogP contribution in [0.4, 0.5) is 0 Å². The molecule has 0 amide bonds. The van der Waals surface area contributed by atoms with Crippen LogP contribution in [0.3, 0.4) is 0 Å².